The van der Waals surface area contributed by atoms with Gasteiger partial charge in [-0.3, -0.25) is 9.59 Å². The Hall–Kier alpha value is -2.89. The number of anilines is 2. The Morgan fingerprint density at radius 2 is 2.04 bits per heavy atom. The molecule has 0 saturated carbocycles. The number of amides is 2. The third kappa shape index (κ3) is 3.08. The molecule has 1 fully saturated rings. The van der Waals surface area contributed by atoms with Gasteiger partial charge in [0.05, 0.1) is 18.4 Å². The van der Waals surface area contributed by atoms with Crippen LogP contribution in [0.25, 0.3) is 0 Å². The van der Waals surface area contributed by atoms with Crippen LogP contribution in [0.3, 0.4) is 0 Å². The van der Waals surface area contributed by atoms with Crippen molar-refractivity contribution in [3.8, 4) is 5.75 Å². The number of nitrogens with zero attached hydrogens (tertiary/aromatic N) is 1. The Labute approximate surface area is 139 Å². The highest BCUT2D eigenvalue weighted by atomic mass is 19.1. The van der Waals surface area contributed by atoms with Crippen LogP contribution in [0.15, 0.2) is 42.5 Å². The molecule has 0 unspecified atom stereocenters. The Balaban J connectivity index is 1.83. The predicted molar refractivity (Wildman–Crippen MR) is 88.9 cm³/mol. The van der Waals surface area contributed by atoms with Gasteiger partial charge in [-0.05, 0) is 30.7 Å². The van der Waals surface area contributed by atoms with Crippen LogP contribution in [0, 0.1) is 5.82 Å². The van der Waals surface area contributed by atoms with E-state index in [1.54, 1.807) is 29.2 Å². The second kappa shape index (κ2) is 6.70. The van der Waals surface area contributed by atoms with Crippen molar-refractivity contribution >= 4 is 23.2 Å². The van der Waals surface area contributed by atoms with Gasteiger partial charge in [-0.2, -0.15) is 0 Å². The topological polar surface area (TPSA) is 58.6 Å². The van der Waals surface area contributed by atoms with Crippen LogP contribution in [0.5, 0.6) is 5.75 Å². The van der Waals surface area contributed by atoms with Crippen molar-refractivity contribution in [2.75, 3.05) is 23.9 Å². The molecule has 24 heavy (non-hydrogen) atoms. The zero-order valence-electron chi connectivity index (χ0n) is 13.2. The molecule has 124 valence electrons. The number of ether oxygens (including phenoxy) is 1. The second-order valence-corrected chi connectivity index (χ2v) is 5.47. The molecule has 1 saturated heterocycles. The normalized spacial score (nSPS) is 13.9. The summed E-state index contributed by atoms with van der Waals surface area (Å²) in [6.07, 6.45) is 1.34. The largest absolute Gasteiger partial charge is 0.494 e. The molecule has 0 aliphatic carbocycles. The molecule has 0 atom stereocenters. The average molecular weight is 328 g/mol. The highest BCUT2D eigenvalue weighted by molar-refractivity contribution is 6.05. The Morgan fingerprint density at radius 1 is 1.25 bits per heavy atom. The number of carbonyl (C=O) groups is 2. The summed E-state index contributed by atoms with van der Waals surface area (Å²) in [6, 6.07) is 10.8. The average Bonchev–Trinajstić information content (AvgIpc) is 3.01. The summed E-state index contributed by atoms with van der Waals surface area (Å²) >= 11 is 0. The monoisotopic (exact) mass is 328 g/mol. The third-order valence-corrected chi connectivity index (χ3v) is 3.92. The van der Waals surface area contributed by atoms with Crippen molar-refractivity contribution in [2.45, 2.75) is 12.8 Å². The van der Waals surface area contributed by atoms with Crippen LogP contribution in [-0.2, 0) is 4.79 Å². The lowest BCUT2D eigenvalue weighted by atomic mass is 10.2. The fraction of sp³-hybridized carbons (Fsp3) is 0.222. The van der Waals surface area contributed by atoms with Gasteiger partial charge in [-0.25, -0.2) is 4.39 Å². The standard InChI is InChI=1S/C18H17FN2O3/c1-24-16-11-12(8-9-15(16)21-10-4-7-17(21)22)20-18(23)13-5-2-3-6-14(13)19/h2-3,5-6,8-9,11H,4,7,10H2,1H3,(H,20,23). The van der Waals surface area contributed by atoms with E-state index in [1.165, 1.54) is 25.3 Å². The molecule has 0 bridgehead atoms. The first-order chi connectivity index (χ1) is 11.6. The third-order valence-electron chi connectivity index (χ3n) is 3.92. The minimum atomic E-state index is -0.582. The molecule has 0 aromatic heterocycles. The number of nitrogens with one attached hydrogen (secondary N) is 1. The van der Waals surface area contributed by atoms with E-state index in [0.717, 1.165) is 6.42 Å². The van der Waals surface area contributed by atoms with Crippen molar-refractivity contribution < 1.29 is 18.7 Å². The van der Waals surface area contributed by atoms with Crippen molar-refractivity contribution in [1.29, 1.82) is 0 Å². The number of hydrogen-bond donors (Lipinski definition) is 1. The van der Waals surface area contributed by atoms with Crippen molar-refractivity contribution in [3.63, 3.8) is 0 Å². The van der Waals surface area contributed by atoms with Gasteiger partial charge in [0, 0.05) is 24.7 Å². The molecule has 1 aliphatic rings. The maximum absolute atomic E-state index is 13.7. The quantitative estimate of drug-likeness (QED) is 0.937. The summed E-state index contributed by atoms with van der Waals surface area (Å²) in [5.41, 5.74) is 1.11. The van der Waals surface area contributed by atoms with Gasteiger partial charge in [0.2, 0.25) is 5.91 Å². The first-order valence-electron chi connectivity index (χ1n) is 7.64. The van der Waals surface area contributed by atoms with Crippen LogP contribution in [0.2, 0.25) is 0 Å². The van der Waals surface area contributed by atoms with Crippen molar-refractivity contribution in [2.24, 2.45) is 0 Å². The maximum Gasteiger partial charge on any atom is 0.258 e. The summed E-state index contributed by atoms with van der Waals surface area (Å²) in [7, 11) is 1.50. The molecule has 0 spiro atoms. The zero-order chi connectivity index (χ0) is 17.1. The fourth-order valence-corrected chi connectivity index (χ4v) is 2.73. The van der Waals surface area contributed by atoms with Gasteiger partial charge in [0.25, 0.3) is 5.91 Å². The van der Waals surface area contributed by atoms with Gasteiger partial charge < -0.3 is 15.0 Å². The van der Waals surface area contributed by atoms with Gasteiger partial charge in [-0.15, -0.1) is 0 Å². The molecule has 1 aliphatic heterocycles. The molecule has 0 radical (unpaired) electrons. The molecule has 2 amide bonds. The number of methoxy groups -OCH3 is 1. The van der Waals surface area contributed by atoms with E-state index in [0.29, 0.717) is 30.1 Å². The van der Waals surface area contributed by atoms with Crippen LogP contribution in [0.4, 0.5) is 15.8 Å². The highest BCUT2D eigenvalue weighted by Crippen LogP contribution is 2.34. The van der Waals surface area contributed by atoms with E-state index in [9.17, 15) is 14.0 Å². The van der Waals surface area contributed by atoms with E-state index >= 15 is 0 Å². The molecular weight excluding hydrogens is 311 g/mol. The lowest BCUT2D eigenvalue weighted by Crippen LogP contribution is -2.24. The first-order valence-corrected chi connectivity index (χ1v) is 7.64. The molecule has 2 aromatic rings. The number of halogens is 1. The maximum atomic E-state index is 13.7. The summed E-state index contributed by atoms with van der Waals surface area (Å²) in [5, 5.41) is 2.64. The Bertz CT molecular complexity index is 792. The van der Waals surface area contributed by atoms with Gasteiger partial charge in [0.15, 0.2) is 0 Å². The van der Waals surface area contributed by atoms with Crippen molar-refractivity contribution in [3.05, 3.63) is 53.8 Å². The molecular formula is C18H17FN2O3. The fourth-order valence-electron chi connectivity index (χ4n) is 2.73. The van der Waals surface area contributed by atoms with E-state index in [4.69, 9.17) is 4.74 Å². The smallest absolute Gasteiger partial charge is 0.258 e. The van der Waals surface area contributed by atoms with Crippen LogP contribution >= 0.6 is 0 Å². The van der Waals surface area contributed by atoms with E-state index in [1.807, 2.05) is 0 Å². The summed E-state index contributed by atoms with van der Waals surface area (Å²) < 4.78 is 19.0. The summed E-state index contributed by atoms with van der Waals surface area (Å²) in [6.45, 7) is 0.649. The zero-order valence-corrected chi connectivity index (χ0v) is 13.2. The SMILES string of the molecule is COc1cc(NC(=O)c2ccccc2F)ccc1N1CCCC1=O. The number of rotatable bonds is 4. The Kier molecular flexibility index (Phi) is 4.46. The van der Waals surface area contributed by atoms with Crippen LogP contribution in [0.1, 0.15) is 23.2 Å². The van der Waals surface area contributed by atoms with Crippen molar-refractivity contribution in [1.82, 2.24) is 0 Å². The molecule has 2 aromatic carbocycles. The van der Waals surface area contributed by atoms with Gasteiger partial charge >= 0.3 is 0 Å². The van der Waals surface area contributed by atoms with E-state index in [-0.39, 0.29) is 11.5 Å². The lowest BCUT2D eigenvalue weighted by Gasteiger charge is -2.19. The van der Waals surface area contributed by atoms with E-state index in [2.05, 4.69) is 5.32 Å². The second-order valence-electron chi connectivity index (χ2n) is 5.47. The molecule has 6 heteroatoms. The van der Waals surface area contributed by atoms with Crippen LogP contribution < -0.4 is 15.0 Å². The number of carbonyl (C=O) groups excluding carboxylic acids is 2. The number of hydrogen-bond acceptors (Lipinski definition) is 3. The highest BCUT2D eigenvalue weighted by Gasteiger charge is 2.24. The summed E-state index contributed by atoms with van der Waals surface area (Å²) in [5.74, 6) is -0.588. The minimum Gasteiger partial charge on any atom is -0.494 e. The molecule has 3 rings (SSSR count). The molecule has 1 heterocycles. The molecule has 1 N–H and O–H groups in total. The van der Waals surface area contributed by atoms with Gasteiger partial charge in [0.1, 0.15) is 11.6 Å². The lowest BCUT2D eigenvalue weighted by molar-refractivity contribution is -0.117. The number of benzene rings is 2. The predicted octanol–water partition coefficient (Wildman–Crippen LogP) is 3.21. The van der Waals surface area contributed by atoms with Gasteiger partial charge in [-0.1, -0.05) is 12.1 Å². The Morgan fingerprint density at radius 3 is 2.71 bits per heavy atom. The van der Waals surface area contributed by atoms with E-state index < -0.39 is 11.7 Å². The minimum absolute atomic E-state index is 0.0322. The van der Waals surface area contributed by atoms with Crippen LogP contribution in [-0.4, -0.2) is 25.5 Å². The molecule has 5 nitrogen and oxygen atoms in total. The summed E-state index contributed by atoms with van der Waals surface area (Å²) in [4.78, 5) is 25.7. The first kappa shape index (κ1) is 16.0.